The summed E-state index contributed by atoms with van der Waals surface area (Å²) in [5.41, 5.74) is 1.79. The molecular formula is C15H11ClN2O. The molecule has 1 saturated carbocycles. The van der Waals surface area contributed by atoms with Crippen molar-refractivity contribution in [2.24, 2.45) is 0 Å². The molecule has 4 heteroatoms. The Morgan fingerprint density at radius 3 is 2.42 bits per heavy atom. The minimum absolute atomic E-state index is 0.197. The van der Waals surface area contributed by atoms with E-state index in [9.17, 15) is 4.79 Å². The predicted octanol–water partition coefficient (Wildman–Crippen LogP) is 3.38. The Morgan fingerprint density at radius 2 is 1.84 bits per heavy atom. The maximum absolute atomic E-state index is 12.3. The van der Waals surface area contributed by atoms with E-state index in [0.29, 0.717) is 5.02 Å². The minimum atomic E-state index is -0.197. The van der Waals surface area contributed by atoms with Crippen molar-refractivity contribution in [1.82, 2.24) is 4.57 Å². The first kappa shape index (κ1) is 12.0. The first-order valence-corrected chi connectivity index (χ1v) is 6.50. The summed E-state index contributed by atoms with van der Waals surface area (Å²) in [5, 5.41) is 9.63. The number of benzene rings is 1. The van der Waals surface area contributed by atoms with E-state index in [1.165, 1.54) is 0 Å². The van der Waals surface area contributed by atoms with Crippen LogP contribution in [0.25, 0.3) is 11.3 Å². The molecule has 0 unspecified atom stereocenters. The molecule has 0 spiro atoms. The largest absolute Gasteiger partial charge is 0.304 e. The van der Waals surface area contributed by atoms with Crippen LogP contribution in [0.1, 0.15) is 24.4 Å². The van der Waals surface area contributed by atoms with Crippen molar-refractivity contribution >= 4 is 11.6 Å². The highest BCUT2D eigenvalue weighted by Gasteiger charge is 2.27. The van der Waals surface area contributed by atoms with Crippen molar-refractivity contribution in [2.75, 3.05) is 0 Å². The van der Waals surface area contributed by atoms with Gasteiger partial charge in [-0.05, 0) is 42.7 Å². The van der Waals surface area contributed by atoms with Gasteiger partial charge in [-0.1, -0.05) is 23.7 Å². The lowest BCUT2D eigenvalue weighted by Crippen LogP contribution is -2.23. The highest BCUT2D eigenvalue weighted by atomic mass is 35.5. The van der Waals surface area contributed by atoms with Crippen LogP contribution in [0.5, 0.6) is 0 Å². The van der Waals surface area contributed by atoms with Gasteiger partial charge in [0.1, 0.15) is 11.6 Å². The SMILES string of the molecule is N#Cc1ccc(-c2ccc(Cl)cc2)n(C2CC2)c1=O. The minimum Gasteiger partial charge on any atom is -0.304 e. The molecule has 3 rings (SSSR count). The Kier molecular flexibility index (Phi) is 2.88. The molecule has 1 aromatic carbocycles. The number of nitrogens with zero attached hydrogens (tertiary/aromatic N) is 2. The zero-order chi connectivity index (χ0) is 13.4. The molecule has 0 saturated heterocycles. The number of nitriles is 1. The van der Waals surface area contributed by atoms with E-state index in [1.807, 2.05) is 24.3 Å². The molecule has 0 atom stereocenters. The van der Waals surface area contributed by atoms with Crippen LogP contribution >= 0.6 is 11.6 Å². The standard InChI is InChI=1S/C15H11ClN2O/c16-12-4-1-10(2-5-12)14-8-3-11(9-17)15(19)18(14)13-6-7-13/h1-5,8,13H,6-7H2. The predicted molar refractivity (Wildman–Crippen MR) is 74.1 cm³/mol. The third-order valence-corrected chi connectivity index (χ3v) is 3.54. The summed E-state index contributed by atoms with van der Waals surface area (Å²) < 4.78 is 1.74. The second kappa shape index (κ2) is 4.56. The number of hydrogen-bond acceptors (Lipinski definition) is 2. The van der Waals surface area contributed by atoms with Crippen molar-refractivity contribution in [1.29, 1.82) is 5.26 Å². The van der Waals surface area contributed by atoms with E-state index in [1.54, 1.807) is 22.8 Å². The first-order valence-electron chi connectivity index (χ1n) is 6.12. The fourth-order valence-corrected chi connectivity index (χ4v) is 2.32. The van der Waals surface area contributed by atoms with E-state index in [4.69, 9.17) is 16.9 Å². The molecular weight excluding hydrogens is 260 g/mol. The second-order valence-electron chi connectivity index (χ2n) is 4.66. The van der Waals surface area contributed by atoms with Crippen LogP contribution in [0.2, 0.25) is 5.02 Å². The molecule has 0 radical (unpaired) electrons. The molecule has 1 aliphatic rings. The summed E-state index contributed by atoms with van der Waals surface area (Å²) in [5.74, 6) is 0. The van der Waals surface area contributed by atoms with Crippen LogP contribution < -0.4 is 5.56 Å². The van der Waals surface area contributed by atoms with Gasteiger partial charge in [-0.25, -0.2) is 0 Å². The highest BCUT2D eigenvalue weighted by molar-refractivity contribution is 6.30. The summed E-state index contributed by atoms with van der Waals surface area (Å²) in [7, 11) is 0. The summed E-state index contributed by atoms with van der Waals surface area (Å²) in [6, 6.07) is 13.0. The van der Waals surface area contributed by atoms with Crippen LogP contribution in [0.4, 0.5) is 0 Å². The fraction of sp³-hybridized carbons (Fsp3) is 0.200. The van der Waals surface area contributed by atoms with Gasteiger partial charge in [0.15, 0.2) is 0 Å². The molecule has 0 bridgehead atoms. The van der Waals surface area contributed by atoms with Gasteiger partial charge in [0.05, 0.1) is 5.69 Å². The van der Waals surface area contributed by atoms with E-state index in [0.717, 1.165) is 24.1 Å². The van der Waals surface area contributed by atoms with E-state index in [2.05, 4.69) is 0 Å². The molecule has 0 amide bonds. The maximum Gasteiger partial charge on any atom is 0.269 e. The lowest BCUT2D eigenvalue weighted by Gasteiger charge is -2.12. The number of rotatable bonds is 2. The van der Waals surface area contributed by atoms with Crippen LogP contribution in [-0.4, -0.2) is 4.57 Å². The van der Waals surface area contributed by atoms with Crippen molar-refractivity contribution < 1.29 is 0 Å². The van der Waals surface area contributed by atoms with Gasteiger partial charge in [0.25, 0.3) is 5.56 Å². The Morgan fingerprint density at radius 1 is 1.16 bits per heavy atom. The molecule has 3 nitrogen and oxygen atoms in total. The summed E-state index contributed by atoms with van der Waals surface area (Å²) in [6.07, 6.45) is 1.99. The average Bonchev–Trinajstić information content (AvgIpc) is 3.23. The average molecular weight is 271 g/mol. The summed E-state index contributed by atoms with van der Waals surface area (Å²) >= 11 is 5.88. The Hall–Kier alpha value is -2.05. The lowest BCUT2D eigenvalue weighted by atomic mass is 10.1. The van der Waals surface area contributed by atoms with Gasteiger partial charge in [-0.15, -0.1) is 0 Å². The second-order valence-corrected chi connectivity index (χ2v) is 5.09. The lowest BCUT2D eigenvalue weighted by molar-refractivity contribution is 0.713. The van der Waals surface area contributed by atoms with Crippen molar-refractivity contribution in [3.05, 3.63) is 57.3 Å². The van der Waals surface area contributed by atoms with Gasteiger partial charge in [0.2, 0.25) is 0 Å². The Bertz CT molecular complexity index is 721. The molecule has 2 aromatic rings. The van der Waals surface area contributed by atoms with Gasteiger partial charge in [-0.3, -0.25) is 4.79 Å². The monoisotopic (exact) mass is 270 g/mol. The molecule has 94 valence electrons. The molecule has 1 aliphatic carbocycles. The number of pyridine rings is 1. The quantitative estimate of drug-likeness (QED) is 0.840. The number of halogens is 1. The Balaban J connectivity index is 2.21. The van der Waals surface area contributed by atoms with Crippen LogP contribution in [-0.2, 0) is 0 Å². The van der Waals surface area contributed by atoms with E-state index in [-0.39, 0.29) is 17.2 Å². The van der Waals surface area contributed by atoms with Crippen LogP contribution in [0.15, 0.2) is 41.2 Å². The highest BCUT2D eigenvalue weighted by Crippen LogP contribution is 2.37. The first-order chi connectivity index (χ1) is 9.20. The fourth-order valence-electron chi connectivity index (χ4n) is 2.19. The Labute approximate surface area is 115 Å². The number of hydrogen-bond donors (Lipinski definition) is 0. The third kappa shape index (κ3) is 2.16. The summed E-state index contributed by atoms with van der Waals surface area (Å²) in [6.45, 7) is 0. The van der Waals surface area contributed by atoms with Gasteiger partial charge in [0, 0.05) is 11.1 Å². The molecule has 1 heterocycles. The van der Waals surface area contributed by atoms with Crippen LogP contribution in [0, 0.1) is 11.3 Å². The molecule has 1 fully saturated rings. The zero-order valence-electron chi connectivity index (χ0n) is 10.1. The maximum atomic E-state index is 12.3. The smallest absolute Gasteiger partial charge is 0.269 e. The van der Waals surface area contributed by atoms with Crippen molar-refractivity contribution in [3.8, 4) is 17.3 Å². The summed E-state index contributed by atoms with van der Waals surface area (Å²) in [4.78, 5) is 12.3. The molecule has 0 aliphatic heterocycles. The van der Waals surface area contributed by atoms with Crippen molar-refractivity contribution in [3.63, 3.8) is 0 Å². The van der Waals surface area contributed by atoms with E-state index >= 15 is 0 Å². The number of aromatic nitrogens is 1. The zero-order valence-corrected chi connectivity index (χ0v) is 10.9. The van der Waals surface area contributed by atoms with Gasteiger partial charge >= 0.3 is 0 Å². The van der Waals surface area contributed by atoms with Gasteiger partial charge in [-0.2, -0.15) is 5.26 Å². The van der Waals surface area contributed by atoms with Gasteiger partial charge < -0.3 is 4.57 Å². The third-order valence-electron chi connectivity index (χ3n) is 3.29. The normalized spacial score (nSPS) is 14.1. The van der Waals surface area contributed by atoms with E-state index < -0.39 is 0 Å². The molecule has 19 heavy (non-hydrogen) atoms. The molecule has 1 aromatic heterocycles. The van der Waals surface area contributed by atoms with Crippen molar-refractivity contribution in [2.45, 2.75) is 18.9 Å². The molecule has 0 N–H and O–H groups in total. The van der Waals surface area contributed by atoms with Crippen LogP contribution in [0.3, 0.4) is 0 Å². The topological polar surface area (TPSA) is 45.8 Å².